The molecular formula is C16H16BrFN2O2. The van der Waals surface area contributed by atoms with Crippen molar-refractivity contribution in [2.24, 2.45) is 5.73 Å². The molecule has 0 saturated heterocycles. The summed E-state index contributed by atoms with van der Waals surface area (Å²) in [5, 5.41) is 2.96. The molecule has 0 fully saturated rings. The van der Waals surface area contributed by atoms with E-state index < -0.39 is 11.7 Å². The SMILES string of the molecule is Cc1ccc(OCCNc2cc(Br)cc(F)c2C(N)=O)cc1. The number of carbonyl (C=O) groups is 1. The molecule has 0 bridgehead atoms. The highest BCUT2D eigenvalue weighted by atomic mass is 79.9. The summed E-state index contributed by atoms with van der Waals surface area (Å²) in [6, 6.07) is 10.5. The van der Waals surface area contributed by atoms with Gasteiger partial charge in [0.15, 0.2) is 0 Å². The number of nitrogens with one attached hydrogen (secondary N) is 1. The Hall–Kier alpha value is -2.08. The molecule has 2 rings (SSSR count). The minimum absolute atomic E-state index is 0.154. The summed E-state index contributed by atoms with van der Waals surface area (Å²) in [5.74, 6) is -0.723. The van der Waals surface area contributed by atoms with Crippen LogP contribution in [0, 0.1) is 12.7 Å². The monoisotopic (exact) mass is 366 g/mol. The molecule has 0 heterocycles. The van der Waals surface area contributed by atoms with Gasteiger partial charge in [0.1, 0.15) is 18.2 Å². The van der Waals surface area contributed by atoms with Crippen LogP contribution in [-0.2, 0) is 0 Å². The second-order valence-corrected chi connectivity index (χ2v) is 5.68. The molecule has 0 aliphatic carbocycles. The number of aryl methyl sites for hydroxylation is 1. The summed E-state index contributed by atoms with van der Waals surface area (Å²) in [7, 11) is 0. The number of anilines is 1. The highest BCUT2D eigenvalue weighted by Crippen LogP contribution is 2.24. The molecule has 0 radical (unpaired) electrons. The highest BCUT2D eigenvalue weighted by molar-refractivity contribution is 9.10. The number of amides is 1. The van der Waals surface area contributed by atoms with Crippen LogP contribution < -0.4 is 15.8 Å². The van der Waals surface area contributed by atoms with Crippen molar-refractivity contribution in [3.63, 3.8) is 0 Å². The second kappa shape index (κ2) is 7.26. The molecule has 0 unspecified atom stereocenters. The predicted molar refractivity (Wildman–Crippen MR) is 87.8 cm³/mol. The number of rotatable bonds is 6. The van der Waals surface area contributed by atoms with Gasteiger partial charge in [0, 0.05) is 11.0 Å². The first kappa shape index (κ1) is 16.3. The van der Waals surface area contributed by atoms with Crippen LogP contribution in [0.2, 0.25) is 0 Å². The molecule has 0 aromatic heterocycles. The van der Waals surface area contributed by atoms with E-state index in [1.165, 1.54) is 6.07 Å². The maximum Gasteiger partial charge on any atom is 0.253 e. The van der Waals surface area contributed by atoms with Gasteiger partial charge in [-0.3, -0.25) is 4.79 Å². The lowest BCUT2D eigenvalue weighted by atomic mass is 10.1. The van der Waals surface area contributed by atoms with E-state index in [0.717, 1.165) is 11.3 Å². The average molecular weight is 367 g/mol. The van der Waals surface area contributed by atoms with Crippen LogP contribution in [-0.4, -0.2) is 19.1 Å². The van der Waals surface area contributed by atoms with Gasteiger partial charge in [0.25, 0.3) is 5.91 Å². The van der Waals surface area contributed by atoms with E-state index in [-0.39, 0.29) is 5.56 Å². The standard InChI is InChI=1S/C16H16BrFN2O2/c1-10-2-4-12(5-3-10)22-7-6-20-14-9-11(17)8-13(18)15(14)16(19)21/h2-5,8-9,20H,6-7H2,1H3,(H2,19,21). The van der Waals surface area contributed by atoms with Crippen LogP contribution in [0.3, 0.4) is 0 Å². The number of hydrogen-bond acceptors (Lipinski definition) is 3. The fourth-order valence-corrected chi connectivity index (χ4v) is 2.38. The Kier molecular flexibility index (Phi) is 5.38. The summed E-state index contributed by atoms with van der Waals surface area (Å²) in [6.45, 7) is 2.78. The predicted octanol–water partition coefficient (Wildman–Crippen LogP) is 3.49. The van der Waals surface area contributed by atoms with Crippen molar-refractivity contribution in [2.75, 3.05) is 18.5 Å². The summed E-state index contributed by atoms with van der Waals surface area (Å²) in [6.07, 6.45) is 0. The molecule has 1 amide bonds. The third-order valence-electron chi connectivity index (χ3n) is 3.01. The van der Waals surface area contributed by atoms with E-state index >= 15 is 0 Å². The van der Waals surface area contributed by atoms with Crippen LogP contribution in [0.1, 0.15) is 15.9 Å². The van der Waals surface area contributed by atoms with Gasteiger partial charge in [-0.05, 0) is 31.2 Å². The summed E-state index contributed by atoms with van der Waals surface area (Å²) >= 11 is 3.19. The molecular weight excluding hydrogens is 351 g/mol. The fourth-order valence-electron chi connectivity index (χ4n) is 1.95. The van der Waals surface area contributed by atoms with Gasteiger partial charge < -0.3 is 15.8 Å². The molecule has 3 N–H and O–H groups in total. The van der Waals surface area contributed by atoms with Crippen molar-refractivity contribution in [2.45, 2.75) is 6.92 Å². The zero-order chi connectivity index (χ0) is 16.1. The van der Waals surface area contributed by atoms with Gasteiger partial charge in [0.05, 0.1) is 11.3 Å². The van der Waals surface area contributed by atoms with Gasteiger partial charge in [-0.2, -0.15) is 0 Å². The average Bonchev–Trinajstić information content (AvgIpc) is 2.44. The lowest BCUT2D eigenvalue weighted by Crippen LogP contribution is -2.19. The molecule has 22 heavy (non-hydrogen) atoms. The molecule has 116 valence electrons. The molecule has 0 spiro atoms. The van der Waals surface area contributed by atoms with Crippen molar-refractivity contribution in [1.82, 2.24) is 0 Å². The first-order valence-corrected chi connectivity index (χ1v) is 7.49. The number of nitrogens with two attached hydrogens (primary N) is 1. The number of hydrogen-bond donors (Lipinski definition) is 2. The van der Waals surface area contributed by atoms with E-state index in [1.807, 2.05) is 31.2 Å². The molecule has 2 aromatic rings. The molecule has 0 atom stereocenters. The zero-order valence-electron chi connectivity index (χ0n) is 12.0. The van der Waals surface area contributed by atoms with Crippen molar-refractivity contribution >= 4 is 27.5 Å². The summed E-state index contributed by atoms with van der Waals surface area (Å²) in [4.78, 5) is 11.3. The number of benzene rings is 2. The van der Waals surface area contributed by atoms with Gasteiger partial charge in [-0.1, -0.05) is 33.6 Å². The minimum Gasteiger partial charge on any atom is -0.492 e. The summed E-state index contributed by atoms with van der Waals surface area (Å²) < 4.78 is 19.9. The number of primary amides is 1. The lowest BCUT2D eigenvalue weighted by molar-refractivity contribution is 0.0997. The smallest absolute Gasteiger partial charge is 0.253 e. The molecule has 4 nitrogen and oxygen atoms in total. The molecule has 6 heteroatoms. The van der Waals surface area contributed by atoms with E-state index in [9.17, 15) is 9.18 Å². The first-order chi connectivity index (χ1) is 10.5. The molecule has 2 aromatic carbocycles. The maximum atomic E-state index is 13.8. The second-order valence-electron chi connectivity index (χ2n) is 4.76. The Morgan fingerprint density at radius 3 is 2.64 bits per heavy atom. The van der Waals surface area contributed by atoms with E-state index in [1.54, 1.807) is 6.07 Å². The van der Waals surface area contributed by atoms with Crippen LogP contribution >= 0.6 is 15.9 Å². The van der Waals surface area contributed by atoms with E-state index in [0.29, 0.717) is 23.3 Å². The first-order valence-electron chi connectivity index (χ1n) is 6.69. The van der Waals surface area contributed by atoms with Gasteiger partial charge in [-0.15, -0.1) is 0 Å². The van der Waals surface area contributed by atoms with Gasteiger partial charge in [-0.25, -0.2) is 4.39 Å². The topological polar surface area (TPSA) is 64.3 Å². The van der Waals surface area contributed by atoms with Crippen molar-refractivity contribution < 1.29 is 13.9 Å². The van der Waals surface area contributed by atoms with Crippen molar-refractivity contribution in [3.8, 4) is 5.75 Å². The third-order valence-corrected chi connectivity index (χ3v) is 3.47. The van der Waals surface area contributed by atoms with Crippen LogP contribution in [0.4, 0.5) is 10.1 Å². The van der Waals surface area contributed by atoms with E-state index in [4.69, 9.17) is 10.5 Å². The largest absolute Gasteiger partial charge is 0.492 e. The van der Waals surface area contributed by atoms with Crippen molar-refractivity contribution in [1.29, 1.82) is 0 Å². The fraction of sp³-hybridized carbons (Fsp3) is 0.188. The zero-order valence-corrected chi connectivity index (χ0v) is 13.6. The normalized spacial score (nSPS) is 10.3. The maximum absolute atomic E-state index is 13.8. The highest BCUT2D eigenvalue weighted by Gasteiger charge is 2.15. The Labute approximate surface area is 136 Å². The molecule has 0 aliphatic rings. The van der Waals surface area contributed by atoms with E-state index in [2.05, 4.69) is 21.2 Å². The van der Waals surface area contributed by atoms with Gasteiger partial charge in [0.2, 0.25) is 0 Å². The number of ether oxygens (including phenoxy) is 1. The van der Waals surface area contributed by atoms with Crippen LogP contribution in [0.5, 0.6) is 5.75 Å². The number of carbonyl (C=O) groups excluding carboxylic acids is 1. The number of halogens is 2. The molecule has 0 aliphatic heterocycles. The van der Waals surface area contributed by atoms with Crippen LogP contribution in [0.15, 0.2) is 40.9 Å². The Morgan fingerprint density at radius 2 is 2.00 bits per heavy atom. The quantitative estimate of drug-likeness (QED) is 0.769. The van der Waals surface area contributed by atoms with Crippen molar-refractivity contribution in [3.05, 3.63) is 57.8 Å². The lowest BCUT2D eigenvalue weighted by Gasteiger charge is -2.12. The van der Waals surface area contributed by atoms with Crippen LogP contribution in [0.25, 0.3) is 0 Å². The minimum atomic E-state index is -0.813. The Morgan fingerprint density at radius 1 is 1.32 bits per heavy atom. The molecule has 0 saturated carbocycles. The Balaban J connectivity index is 1.97. The third kappa shape index (κ3) is 4.21. The Bertz CT molecular complexity index is 675. The van der Waals surface area contributed by atoms with Gasteiger partial charge >= 0.3 is 0 Å². The summed E-state index contributed by atoms with van der Waals surface area (Å²) in [5.41, 5.74) is 6.55.